The SMILES string of the molecule is Cc1nnc(CNCCC(C)C)o1. The van der Waals surface area contributed by atoms with Crippen LogP contribution in [0.4, 0.5) is 0 Å². The molecular weight excluding hydrogens is 166 g/mol. The zero-order valence-electron chi connectivity index (χ0n) is 8.50. The van der Waals surface area contributed by atoms with Gasteiger partial charge in [0.15, 0.2) is 0 Å². The maximum Gasteiger partial charge on any atom is 0.230 e. The van der Waals surface area contributed by atoms with E-state index in [9.17, 15) is 0 Å². The highest BCUT2D eigenvalue weighted by Crippen LogP contribution is 1.99. The number of nitrogens with zero attached hydrogens (tertiary/aromatic N) is 2. The van der Waals surface area contributed by atoms with Gasteiger partial charge < -0.3 is 9.73 Å². The van der Waals surface area contributed by atoms with E-state index in [4.69, 9.17) is 4.42 Å². The van der Waals surface area contributed by atoms with Gasteiger partial charge in [0.25, 0.3) is 0 Å². The Labute approximate surface area is 78.7 Å². The molecule has 0 atom stereocenters. The first kappa shape index (κ1) is 10.2. The van der Waals surface area contributed by atoms with Gasteiger partial charge in [0.05, 0.1) is 6.54 Å². The zero-order chi connectivity index (χ0) is 9.68. The fourth-order valence-electron chi connectivity index (χ4n) is 0.995. The highest BCUT2D eigenvalue weighted by Gasteiger charge is 2.00. The highest BCUT2D eigenvalue weighted by molar-refractivity contribution is 4.77. The number of rotatable bonds is 5. The van der Waals surface area contributed by atoms with E-state index in [1.54, 1.807) is 6.92 Å². The van der Waals surface area contributed by atoms with Crippen LogP contribution in [0.25, 0.3) is 0 Å². The molecule has 0 radical (unpaired) electrons. The summed E-state index contributed by atoms with van der Waals surface area (Å²) in [6.45, 7) is 7.88. The molecule has 0 aliphatic heterocycles. The van der Waals surface area contributed by atoms with Crippen LogP contribution < -0.4 is 5.32 Å². The van der Waals surface area contributed by atoms with Crippen molar-refractivity contribution in [1.29, 1.82) is 0 Å². The molecule has 0 spiro atoms. The largest absolute Gasteiger partial charge is 0.424 e. The fourth-order valence-corrected chi connectivity index (χ4v) is 0.995. The second-order valence-corrected chi connectivity index (χ2v) is 3.57. The minimum absolute atomic E-state index is 0.626. The molecule has 1 aromatic rings. The maximum atomic E-state index is 5.21. The smallest absolute Gasteiger partial charge is 0.230 e. The number of aryl methyl sites for hydroxylation is 1. The lowest BCUT2D eigenvalue weighted by molar-refractivity contribution is 0.438. The second-order valence-electron chi connectivity index (χ2n) is 3.57. The van der Waals surface area contributed by atoms with Crippen LogP contribution >= 0.6 is 0 Å². The van der Waals surface area contributed by atoms with Crippen LogP contribution in [-0.2, 0) is 6.54 Å². The van der Waals surface area contributed by atoms with Crippen molar-refractivity contribution in [3.8, 4) is 0 Å². The number of hydrogen-bond acceptors (Lipinski definition) is 4. The molecular formula is C9H17N3O. The van der Waals surface area contributed by atoms with Crippen molar-refractivity contribution in [2.45, 2.75) is 33.7 Å². The van der Waals surface area contributed by atoms with Gasteiger partial charge in [0, 0.05) is 6.92 Å². The Balaban J connectivity index is 2.13. The molecule has 4 nitrogen and oxygen atoms in total. The molecule has 1 heterocycles. The van der Waals surface area contributed by atoms with Crippen molar-refractivity contribution < 1.29 is 4.42 Å². The average Bonchev–Trinajstić information content (AvgIpc) is 2.45. The molecule has 1 rings (SSSR count). The van der Waals surface area contributed by atoms with E-state index in [0.717, 1.165) is 12.5 Å². The summed E-state index contributed by atoms with van der Waals surface area (Å²) in [5.41, 5.74) is 0. The van der Waals surface area contributed by atoms with Crippen LogP contribution in [0.5, 0.6) is 0 Å². The minimum atomic E-state index is 0.626. The standard InChI is InChI=1S/C9H17N3O/c1-7(2)4-5-10-6-9-12-11-8(3)13-9/h7,10H,4-6H2,1-3H3. The van der Waals surface area contributed by atoms with E-state index in [2.05, 4.69) is 29.4 Å². The number of hydrogen-bond donors (Lipinski definition) is 1. The molecule has 0 bridgehead atoms. The van der Waals surface area contributed by atoms with Crippen molar-refractivity contribution >= 4 is 0 Å². The summed E-state index contributed by atoms with van der Waals surface area (Å²) < 4.78 is 5.21. The maximum absolute atomic E-state index is 5.21. The van der Waals surface area contributed by atoms with Crippen LogP contribution in [0, 0.1) is 12.8 Å². The first-order valence-corrected chi connectivity index (χ1v) is 4.68. The molecule has 0 unspecified atom stereocenters. The third kappa shape index (κ3) is 4.03. The Kier molecular flexibility index (Phi) is 3.89. The summed E-state index contributed by atoms with van der Waals surface area (Å²) in [5.74, 6) is 2.03. The first-order chi connectivity index (χ1) is 6.18. The second kappa shape index (κ2) is 4.97. The fraction of sp³-hybridized carbons (Fsp3) is 0.778. The Hall–Kier alpha value is -0.900. The third-order valence-corrected chi connectivity index (χ3v) is 1.74. The van der Waals surface area contributed by atoms with E-state index >= 15 is 0 Å². The highest BCUT2D eigenvalue weighted by atomic mass is 16.4. The predicted octanol–water partition coefficient (Wildman–Crippen LogP) is 1.51. The van der Waals surface area contributed by atoms with Crippen LogP contribution in [0.15, 0.2) is 4.42 Å². The molecule has 0 amide bonds. The van der Waals surface area contributed by atoms with Crippen LogP contribution in [0.2, 0.25) is 0 Å². The van der Waals surface area contributed by atoms with Gasteiger partial charge in [-0.15, -0.1) is 10.2 Å². The molecule has 0 saturated carbocycles. The van der Waals surface area contributed by atoms with Gasteiger partial charge in [-0.3, -0.25) is 0 Å². The van der Waals surface area contributed by atoms with Gasteiger partial charge in [-0.2, -0.15) is 0 Å². The molecule has 0 aliphatic rings. The van der Waals surface area contributed by atoms with Gasteiger partial charge in [-0.1, -0.05) is 13.8 Å². The van der Waals surface area contributed by atoms with Gasteiger partial charge in [0.2, 0.25) is 11.8 Å². The van der Waals surface area contributed by atoms with Gasteiger partial charge in [-0.05, 0) is 18.9 Å². The third-order valence-electron chi connectivity index (χ3n) is 1.74. The molecule has 74 valence electrons. The van der Waals surface area contributed by atoms with Crippen molar-refractivity contribution in [1.82, 2.24) is 15.5 Å². The monoisotopic (exact) mass is 183 g/mol. The average molecular weight is 183 g/mol. The van der Waals surface area contributed by atoms with Crippen molar-refractivity contribution in [3.63, 3.8) is 0 Å². The van der Waals surface area contributed by atoms with Gasteiger partial charge in [0.1, 0.15) is 0 Å². The normalized spacial score (nSPS) is 11.1. The summed E-state index contributed by atoms with van der Waals surface area (Å²) in [6.07, 6.45) is 1.17. The van der Waals surface area contributed by atoms with Crippen LogP contribution in [-0.4, -0.2) is 16.7 Å². The lowest BCUT2D eigenvalue weighted by Crippen LogP contribution is -2.16. The summed E-state index contributed by atoms with van der Waals surface area (Å²) in [5, 5.41) is 10.9. The Morgan fingerprint density at radius 3 is 2.69 bits per heavy atom. The quantitative estimate of drug-likeness (QED) is 0.703. The van der Waals surface area contributed by atoms with Gasteiger partial charge in [-0.25, -0.2) is 0 Å². The van der Waals surface area contributed by atoms with E-state index in [1.165, 1.54) is 6.42 Å². The molecule has 0 aliphatic carbocycles. The number of aromatic nitrogens is 2. The van der Waals surface area contributed by atoms with E-state index < -0.39 is 0 Å². The lowest BCUT2D eigenvalue weighted by atomic mass is 10.1. The molecule has 1 aromatic heterocycles. The summed E-state index contributed by atoms with van der Waals surface area (Å²) in [6, 6.07) is 0. The van der Waals surface area contributed by atoms with Crippen LogP contribution in [0.1, 0.15) is 32.0 Å². The zero-order valence-corrected chi connectivity index (χ0v) is 8.50. The Morgan fingerprint density at radius 1 is 1.38 bits per heavy atom. The molecule has 0 fully saturated rings. The number of nitrogens with one attached hydrogen (secondary N) is 1. The Bertz CT molecular complexity index is 245. The van der Waals surface area contributed by atoms with Crippen LogP contribution in [0.3, 0.4) is 0 Å². The van der Waals surface area contributed by atoms with E-state index in [0.29, 0.717) is 18.3 Å². The molecule has 4 heteroatoms. The topological polar surface area (TPSA) is 51.0 Å². The van der Waals surface area contributed by atoms with Crippen molar-refractivity contribution in [3.05, 3.63) is 11.8 Å². The first-order valence-electron chi connectivity index (χ1n) is 4.68. The van der Waals surface area contributed by atoms with E-state index in [1.807, 2.05) is 0 Å². The Morgan fingerprint density at radius 2 is 2.15 bits per heavy atom. The lowest BCUT2D eigenvalue weighted by Gasteiger charge is -2.03. The summed E-state index contributed by atoms with van der Waals surface area (Å²) >= 11 is 0. The summed E-state index contributed by atoms with van der Waals surface area (Å²) in [7, 11) is 0. The molecule has 0 saturated heterocycles. The van der Waals surface area contributed by atoms with Crippen molar-refractivity contribution in [2.24, 2.45) is 5.92 Å². The van der Waals surface area contributed by atoms with Gasteiger partial charge >= 0.3 is 0 Å². The molecule has 13 heavy (non-hydrogen) atoms. The molecule has 1 N–H and O–H groups in total. The molecule has 0 aromatic carbocycles. The van der Waals surface area contributed by atoms with Crippen molar-refractivity contribution in [2.75, 3.05) is 6.54 Å². The van der Waals surface area contributed by atoms with E-state index in [-0.39, 0.29) is 0 Å². The predicted molar refractivity (Wildman–Crippen MR) is 50.2 cm³/mol. The minimum Gasteiger partial charge on any atom is -0.424 e. The summed E-state index contributed by atoms with van der Waals surface area (Å²) in [4.78, 5) is 0.